The number of carboxylic acids is 1. The van der Waals surface area contributed by atoms with Gasteiger partial charge in [-0.25, -0.2) is 9.37 Å². The standard InChI is InChI=1S/C25H29ClFN5O3S/c1-13(2)21(23(34)35)28-11-25(4-5-25)12-29-24-31-17-3-6-32(10-20(17)36-24)22(33)19-9-15-16(26)7-14(27)8-18(15)30-19/h7-9,13,21,28,30H,3-6,10-12H2,1-2H3,(H,29,31)(H,34,35)/t21-/m0/s1. The lowest BCUT2D eigenvalue weighted by atomic mass is 10.0. The van der Waals surface area contributed by atoms with Crippen molar-refractivity contribution in [1.82, 2.24) is 20.2 Å². The lowest BCUT2D eigenvalue weighted by molar-refractivity contribution is -0.140. The number of thiazole rings is 1. The predicted molar refractivity (Wildman–Crippen MR) is 138 cm³/mol. The molecule has 0 spiro atoms. The first kappa shape index (κ1) is 25.0. The van der Waals surface area contributed by atoms with Crippen LogP contribution in [-0.4, -0.2) is 57.5 Å². The molecule has 0 radical (unpaired) electrons. The molecule has 1 amide bonds. The van der Waals surface area contributed by atoms with Crippen LogP contribution >= 0.6 is 22.9 Å². The van der Waals surface area contributed by atoms with Crippen LogP contribution in [0.2, 0.25) is 5.02 Å². The lowest BCUT2D eigenvalue weighted by Gasteiger charge is -2.25. The molecule has 192 valence electrons. The first-order valence-electron chi connectivity index (χ1n) is 12.1. The second-order valence-corrected chi connectivity index (χ2v) is 11.7. The number of H-pyrrole nitrogens is 1. The van der Waals surface area contributed by atoms with Crippen molar-refractivity contribution in [3.8, 4) is 0 Å². The van der Waals surface area contributed by atoms with Crippen LogP contribution in [0.1, 0.15) is 47.7 Å². The smallest absolute Gasteiger partial charge is 0.320 e. The highest BCUT2D eigenvalue weighted by atomic mass is 35.5. The fraction of sp³-hybridized carbons (Fsp3) is 0.480. The van der Waals surface area contributed by atoms with Crippen LogP contribution in [0.25, 0.3) is 10.9 Å². The van der Waals surface area contributed by atoms with E-state index < -0.39 is 17.8 Å². The number of carbonyl (C=O) groups is 2. The summed E-state index contributed by atoms with van der Waals surface area (Å²) in [5.74, 6) is -1.41. The van der Waals surface area contributed by atoms with E-state index in [1.54, 1.807) is 22.3 Å². The fourth-order valence-electron chi connectivity index (χ4n) is 4.68. The van der Waals surface area contributed by atoms with Gasteiger partial charge in [-0.3, -0.25) is 9.59 Å². The molecule has 1 saturated carbocycles. The Morgan fingerprint density at radius 3 is 2.78 bits per heavy atom. The third kappa shape index (κ3) is 5.07. The number of nitrogens with zero attached hydrogens (tertiary/aromatic N) is 2. The Hall–Kier alpha value is -2.69. The van der Waals surface area contributed by atoms with Gasteiger partial charge in [0.25, 0.3) is 5.91 Å². The predicted octanol–water partition coefficient (Wildman–Crippen LogP) is 4.51. The van der Waals surface area contributed by atoms with Gasteiger partial charge in [-0.15, -0.1) is 0 Å². The number of hydrogen-bond donors (Lipinski definition) is 4. The monoisotopic (exact) mass is 533 g/mol. The average Bonchev–Trinajstić information content (AvgIpc) is 3.26. The van der Waals surface area contributed by atoms with Gasteiger partial charge in [-0.05, 0) is 37.0 Å². The van der Waals surface area contributed by atoms with Crippen LogP contribution in [0.4, 0.5) is 9.52 Å². The molecule has 1 aliphatic carbocycles. The summed E-state index contributed by atoms with van der Waals surface area (Å²) in [5, 5.41) is 17.8. The Labute approximate surface area is 217 Å². The topological polar surface area (TPSA) is 110 Å². The summed E-state index contributed by atoms with van der Waals surface area (Å²) < 4.78 is 13.7. The number of nitrogens with one attached hydrogen (secondary N) is 3. The van der Waals surface area contributed by atoms with Gasteiger partial charge in [-0.1, -0.05) is 36.8 Å². The zero-order valence-corrected chi connectivity index (χ0v) is 21.7. The third-order valence-corrected chi connectivity index (χ3v) is 8.46. The number of aliphatic carboxylic acids is 1. The minimum Gasteiger partial charge on any atom is -0.480 e. The number of benzene rings is 1. The zero-order chi connectivity index (χ0) is 25.6. The maximum absolute atomic E-state index is 13.7. The summed E-state index contributed by atoms with van der Waals surface area (Å²) >= 11 is 7.69. The first-order valence-corrected chi connectivity index (χ1v) is 13.3. The van der Waals surface area contributed by atoms with Crippen molar-refractivity contribution in [3.05, 3.63) is 45.3 Å². The number of fused-ring (bicyclic) bond motifs is 2. The molecule has 11 heteroatoms. The summed E-state index contributed by atoms with van der Waals surface area (Å²) in [6.45, 7) is 6.21. The van der Waals surface area contributed by atoms with Crippen molar-refractivity contribution in [2.45, 2.75) is 45.7 Å². The second-order valence-electron chi connectivity index (χ2n) is 10.2. The van der Waals surface area contributed by atoms with Gasteiger partial charge >= 0.3 is 5.97 Å². The Bertz CT molecular complexity index is 1320. The van der Waals surface area contributed by atoms with Crippen LogP contribution < -0.4 is 10.6 Å². The molecule has 3 aromatic rings. The number of aromatic amines is 1. The highest BCUT2D eigenvalue weighted by Gasteiger charge is 2.43. The van der Waals surface area contributed by atoms with Crippen molar-refractivity contribution < 1.29 is 19.1 Å². The summed E-state index contributed by atoms with van der Waals surface area (Å²) in [5.41, 5.74) is 1.93. The molecule has 0 unspecified atom stereocenters. The summed E-state index contributed by atoms with van der Waals surface area (Å²) in [7, 11) is 0. The molecule has 8 nitrogen and oxygen atoms in total. The van der Waals surface area contributed by atoms with E-state index in [1.165, 1.54) is 12.1 Å². The van der Waals surface area contributed by atoms with E-state index in [-0.39, 0.29) is 22.3 Å². The molecule has 0 saturated heterocycles. The molecule has 1 fully saturated rings. The van der Waals surface area contributed by atoms with Gasteiger partial charge in [0.15, 0.2) is 5.13 Å². The molecule has 36 heavy (non-hydrogen) atoms. The second kappa shape index (κ2) is 9.64. The minimum atomic E-state index is -0.817. The maximum atomic E-state index is 13.7. The SMILES string of the molecule is CC(C)[C@H](NCC1(CNc2nc3c(s2)CN(C(=O)c2cc4c(Cl)cc(F)cc4[nH]2)CC3)CC1)C(=O)O. The molecule has 1 aromatic carbocycles. The van der Waals surface area contributed by atoms with Crippen molar-refractivity contribution in [3.63, 3.8) is 0 Å². The van der Waals surface area contributed by atoms with E-state index in [1.807, 2.05) is 13.8 Å². The molecular formula is C25H29ClFN5O3S. The minimum absolute atomic E-state index is 0.0186. The van der Waals surface area contributed by atoms with E-state index in [9.17, 15) is 19.1 Å². The summed E-state index contributed by atoms with van der Waals surface area (Å²) in [6, 6.07) is 3.69. The van der Waals surface area contributed by atoms with Crippen LogP contribution in [0.5, 0.6) is 0 Å². The van der Waals surface area contributed by atoms with E-state index in [2.05, 4.69) is 15.6 Å². The van der Waals surface area contributed by atoms with Crippen LogP contribution in [-0.2, 0) is 17.8 Å². The van der Waals surface area contributed by atoms with Gasteiger partial charge in [0.1, 0.15) is 17.6 Å². The third-order valence-electron chi connectivity index (χ3n) is 7.10. The Balaban J connectivity index is 1.20. The normalized spacial score (nSPS) is 17.3. The Morgan fingerprint density at radius 2 is 2.08 bits per heavy atom. The van der Waals surface area contributed by atoms with Crippen molar-refractivity contribution in [2.24, 2.45) is 11.3 Å². The molecule has 1 aliphatic heterocycles. The quantitative estimate of drug-likeness (QED) is 0.322. The number of carbonyl (C=O) groups excluding carboxylic acids is 1. The summed E-state index contributed by atoms with van der Waals surface area (Å²) in [6.07, 6.45) is 2.75. The molecule has 3 heterocycles. The maximum Gasteiger partial charge on any atom is 0.320 e. The highest BCUT2D eigenvalue weighted by molar-refractivity contribution is 7.15. The number of aromatic nitrogens is 2. The molecular weight excluding hydrogens is 505 g/mol. The summed E-state index contributed by atoms with van der Waals surface area (Å²) in [4.78, 5) is 35.2. The number of halogens is 2. The number of hydrogen-bond acceptors (Lipinski definition) is 6. The molecule has 1 atom stereocenters. The molecule has 0 bridgehead atoms. The highest BCUT2D eigenvalue weighted by Crippen LogP contribution is 2.45. The fourth-order valence-corrected chi connectivity index (χ4v) is 5.96. The van der Waals surface area contributed by atoms with Gasteiger partial charge < -0.3 is 25.6 Å². The zero-order valence-electron chi connectivity index (χ0n) is 20.2. The number of amides is 1. The Kier molecular flexibility index (Phi) is 6.69. The first-order chi connectivity index (χ1) is 17.1. The van der Waals surface area contributed by atoms with Crippen LogP contribution in [0.15, 0.2) is 18.2 Å². The van der Waals surface area contributed by atoms with Crippen LogP contribution in [0, 0.1) is 17.2 Å². The lowest BCUT2D eigenvalue weighted by Crippen LogP contribution is -2.44. The van der Waals surface area contributed by atoms with Crippen molar-refractivity contribution in [1.29, 1.82) is 0 Å². The number of anilines is 1. The molecule has 4 N–H and O–H groups in total. The van der Waals surface area contributed by atoms with E-state index >= 15 is 0 Å². The molecule has 2 aromatic heterocycles. The molecule has 5 rings (SSSR count). The van der Waals surface area contributed by atoms with Crippen LogP contribution in [0.3, 0.4) is 0 Å². The average molecular weight is 534 g/mol. The van der Waals surface area contributed by atoms with Gasteiger partial charge in [0, 0.05) is 41.7 Å². The largest absolute Gasteiger partial charge is 0.480 e. The van der Waals surface area contributed by atoms with Gasteiger partial charge in [-0.2, -0.15) is 0 Å². The Morgan fingerprint density at radius 1 is 1.31 bits per heavy atom. The number of carboxylic acid groups (broad SMARTS) is 1. The van der Waals surface area contributed by atoms with E-state index in [0.717, 1.165) is 35.1 Å². The van der Waals surface area contributed by atoms with E-state index in [0.29, 0.717) is 42.7 Å². The van der Waals surface area contributed by atoms with Gasteiger partial charge in [0.2, 0.25) is 0 Å². The van der Waals surface area contributed by atoms with E-state index in [4.69, 9.17) is 16.6 Å². The van der Waals surface area contributed by atoms with Gasteiger partial charge in [0.05, 0.1) is 22.8 Å². The molecule has 2 aliphatic rings. The van der Waals surface area contributed by atoms with Crippen molar-refractivity contribution >= 4 is 50.8 Å². The number of rotatable bonds is 9. The van der Waals surface area contributed by atoms with Crippen molar-refractivity contribution in [2.75, 3.05) is 25.0 Å².